The molecule has 0 aliphatic heterocycles. The van der Waals surface area contributed by atoms with Gasteiger partial charge in [-0.1, -0.05) is 28.1 Å². The van der Waals surface area contributed by atoms with Crippen molar-refractivity contribution in [1.29, 1.82) is 0 Å². The molecular formula is C13H13BrFNO. The zero-order chi connectivity index (χ0) is 12.8. The molecule has 0 aliphatic carbocycles. The summed E-state index contributed by atoms with van der Waals surface area (Å²) in [5, 5.41) is 0. The molecule has 0 aliphatic rings. The summed E-state index contributed by atoms with van der Waals surface area (Å²) < 4.78 is 14.2. The minimum Gasteiger partial charge on any atom is -0.331 e. The molecular weight excluding hydrogens is 285 g/mol. The van der Waals surface area contributed by atoms with Crippen LogP contribution in [-0.2, 0) is 0 Å². The molecule has 0 unspecified atom stereocenters. The first-order valence-corrected chi connectivity index (χ1v) is 5.85. The summed E-state index contributed by atoms with van der Waals surface area (Å²) >= 11 is 3.21. The van der Waals surface area contributed by atoms with Crippen LogP contribution in [0.4, 0.5) is 4.39 Å². The highest BCUT2D eigenvalue weighted by Gasteiger charge is 2.17. The molecule has 2 nitrogen and oxygen atoms in total. The number of carbonyl (C=O) groups excluding carboxylic acids is 1. The Morgan fingerprint density at radius 3 is 2.47 bits per heavy atom. The Bertz CT molecular complexity index is 435. The van der Waals surface area contributed by atoms with Gasteiger partial charge in [-0.2, -0.15) is 0 Å². The lowest BCUT2D eigenvalue weighted by atomic mass is 10.2. The molecule has 1 amide bonds. The van der Waals surface area contributed by atoms with Crippen molar-refractivity contribution in [3.63, 3.8) is 0 Å². The van der Waals surface area contributed by atoms with Gasteiger partial charge in [-0.3, -0.25) is 4.79 Å². The lowest BCUT2D eigenvalue weighted by Crippen LogP contribution is -2.31. The van der Waals surface area contributed by atoms with Gasteiger partial charge in [0.1, 0.15) is 5.82 Å². The molecule has 0 saturated carbocycles. The Balaban J connectivity index is 3.03. The Morgan fingerprint density at radius 1 is 1.35 bits per heavy atom. The van der Waals surface area contributed by atoms with Crippen LogP contribution in [0.5, 0.6) is 0 Å². The molecule has 0 saturated heterocycles. The van der Waals surface area contributed by atoms with E-state index in [0.717, 1.165) is 0 Å². The Morgan fingerprint density at radius 2 is 1.94 bits per heavy atom. The van der Waals surface area contributed by atoms with Crippen molar-refractivity contribution < 1.29 is 9.18 Å². The summed E-state index contributed by atoms with van der Waals surface area (Å²) in [6.07, 6.45) is 3.19. The number of carbonyl (C=O) groups is 1. The van der Waals surface area contributed by atoms with E-state index in [4.69, 9.17) is 0 Å². The predicted octanol–water partition coefficient (Wildman–Crippen LogP) is 3.40. The quantitative estimate of drug-likeness (QED) is 0.763. The summed E-state index contributed by atoms with van der Waals surface area (Å²) in [5.74, 6) is -0.903. The van der Waals surface area contributed by atoms with Gasteiger partial charge in [-0.05, 0) is 18.2 Å². The first kappa shape index (κ1) is 13.6. The van der Waals surface area contributed by atoms with Crippen molar-refractivity contribution in [2.24, 2.45) is 0 Å². The monoisotopic (exact) mass is 297 g/mol. The van der Waals surface area contributed by atoms with Crippen LogP contribution in [-0.4, -0.2) is 23.9 Å². The van der Waals surface area contributed by atoms with Gasteiger partial charge in [-0.15, -0.1) is 13.2 Å². The van der Waals surface area contributed by atoms with Crippen LogP contribution in [0, 0.1) is 5.82 Å². The van der Waals surface area contributed by atoms with E-state index in [2.05, 4.69) is 29.1 Å². The van der Waals surface area contributed by atoms with Crippen LogP contribution in [0.3, 0.4) is 0 Å². The summed E-state index contributed by atoms with van der Waals surface area (Å²) in [6, 6.07) is 4.28. The summed E-state index contributed by atoms with van der Waals surface area (Å²) in [5.41, 5.74) is 0.0445. The molecule has 0 heterocycles. The lowest BCUT2D eigenvalue weighted by molar-refractivity contribution is 0.0786. The minimum atomic E-state index is -0.531. The van der Waals surface area contributed by atoms with Gasteiger partial charge in [0, 0.05) is 17.6 Å². The van der Waals surface area contributed by atoms with Gasteiger partial charge >= 0.3 is 0 Å². The van der Waals surface area contributed by atoms with Crippen molar-refractivity contribution in [2.45, 2.75) is 0 Å². The Labute approximate surface area is 109 Å². The maximum absolute atomic E-state index is 13.5. The smallest absolute Gasteiger partial charge is 0.257 e. The minimum absolute atomic E-state index is 0.0445. The number of amides is 1. The first-order chi connectivity index (χ1) is 8.10. The third kappa shape index (κ3) is 3.53. The van der Waals surface area contributed by atoms with Crippen molar-refractivity contribution in [3.8, 4) is 0 Å². The highest BCUT2D eigenvalue weighted by Crippen LogP contribution is 2.17. The topological polar surface area (TPSA) is 20.3 Å². The van der Waals surface area contributed by atoms with E-state index in [1.54, 1.807) is 18.2 Å². The Hall–Kier alpha value is -1.42. The molecule has 0 radical (unpaired) electrons. The molecule has 1 aromatic carbocycles. The van der Waals surface area contributed by atoms with Crippen molar-refractivity contribution >= 4 is 21.8 Å². The second-order valence-corrected chi connectivity index (χ2v) is 4.33. The van der Waals surface area contributed by atoms with Gasteiger partial charge in [0.15, 0.2) is 0 Å². The molecule has 1 rings (SSSR count). The van der Waals surface area contributed by atoms with Gasteiger partial charge < -0.3 is 4.90 Å². The maximum Gasteiger partial charge on any atom is 0.257 e. The molecule has 0 spiro atoms. The Kier molecular flexibility index (Phi) is 5.10. The van der Waals surface area contributed by atoms with Crippen molar-refractivity contribution in [1.82, 2.24) is 4.90 Å². The zero-order valence-corrected chi connectivity index (χ0v) is 10.9. The fourth-order valence-corrected chi connectivity index (χ4v) is 1.74. The lowest BCUT2D eigenvalue weighted by Gasteiger charge is -2.19. The van der Waals surface area contributed by atoms with Gasteiger partial charge in [-0.25, -0.2) is 4.39 Å². The molecule has 4 heteroatoms. The van der Waals surface area contributed by atoms with Crippen LogP contribution in [0.2, 0.25) is 0 Å². The standard InChI is InChI=1S/C13H13BrFNO/c1-3-7-16(8-4-2)13(17)11-9-10(14)5-6-12(11)15/h3-6,9H,1-2,7-8H2. The normalized spacial score (nSPS) is 9.76. The highest BCUT2D eigenvalue weighted by atomic mass is 79.9. The van der Waals surface area contributed by atoms with Crippen LogP contribution < -0.4 is 0 Å². The maximum atomic E-state index is 13.5. The SMILES string of the molecule is C=CCN(CC=C)C(=O)c1cc(Br)ccc1F. The van der Waals surface area contributed by atoms with E-state index in [1.165, 1.54) is 17.0 Å². The summed E-state index contributed by atoms with van der Waals surface area (Å²) in [6.45, 7) is 7.85. The van der Waals surface area contributed by atoms with E-state index in [9.17, 15) is 9.18 Å². The van der Waals surface area contributed by atoms with Crippen molar-refractivity contribution in [3.05, 3.63) is 59.4 Å². The van der Waals surface area contributed by atoms with Gasteiger partial charge in [0.2, 0.25) is 0 Å². The first-order valence-electron chi connectivity index (χ1n) is 5.06. The molecule has 17 heavy (non-hydrogen) atoms. The number of benzene rings is 1. The molecule has 0 fully saturated rings. The average molecular weight is 298 g/mol. The summed E-state index contributed by atoms with van der Waals surface area (Å²) in [7, 11) is 0. The van der Waals surface area contributed by atoms with Crippen LogP contribution in [0.15, 0.2) is 48.0 Å². The predicted molar refractivity (Wildman–Crippen MR) is 70.4 cm³/mol. The highest BCUT2D eigenvalue weighted by molar-refractivity contribution is 9.10. The number of halogens is 2. The third-order valence-electron chi connectivity index (χ3n) is 2.15. The average Bonchev–Trinajstić information content (AvgIpc) is 2.31. The third-order valence-corrected chi connectivity index (χ3v) is 2.64. The summed E-state index contributed by atoms with van der Waals surface area (Å²) in [4.78, 5) is 13.5. The van der Waals surface area contributed by atoms with E-state index in [0.29, 0.717) is 17.6 Å². The largest absolute Gasteiger partial charge is 0.331 e. The fraction of sp³-hybridized carbons (Fsp3) is 0.154. The van der Waals surface area contributed by atoms with Crippen molar-refractivity contribution in [2.75, 3.05) is 13.1 Å². The number of hydrogen-bond acceptors (Lipinski definition) is 1. The number of nitrogens with zero attached hydrogens (tertiary/aromatic N) is 1. The fourth-order valence-electron chi connectivity index (χ4n) is 1.38. The van der Waals surface area contributed by atoms with E-state index in [-0.39, 0.29) is 11.5 Å². The molecule has 1 aromatic rings. The number of hydrogen-bond donors (Lipinski definition) is 0. The van der Waals surface area contributed by atoms with E-state index in [1.807, 2.05) is 0 Å². The van der Waals surface area contributed by atoms with Gasteiger partial charge in [0.05, 0.1) is 5.56 Å². The van der Waals surface area contributed by atoms with Crippen LogP contribution in [0.1, 0.15) is 10.4 Å². The van der Waals surface area contributed by atoms with Crippen LogP contribution in [0.25, 0.3) is 0 Å². The van der Waals surface area contributed by atoms with E-state index >= 15 is 0 Å². The molecule has 0 aromatic heterocycles. The van der Waals surface area contributed by atoms with Gasteiger partial charge in [0.25, 0.3) is 5.91 Å². The molecule has 0 atom stereocenters. The van der Waals surface area contributed by atoms with Crippen LogP contribution >= 0.6 is 15.9 Å². The number of rotatable bonds is 5. The second-order valence-electron chi connectivity index (χ2n) is 3.41. The molecule has 0 bridgehead atoms. The second kappa shape index (κ2) is 6.35. The molecule has 90 valence electrons. The van der Waals surface area contributed by atoms with E-state index < -0.39 is 5.82 Å². The zero-order valence-electron chi connectivity index (χ0n) is 9.33. The molecule has 0 N–H and O–H groups in total.